The zero-order valence-electron chi connectivity index (χ0n) is 11.0. The number of hydrogen-bond donors (Lipinski definition) is 1. The van der Waals surface area contributed by atoms with Gasteiger partial charge in [0.1, 0.15) is 5.75 Å². The molecule has 1 aromatic carbocycles. The summed E-state index contributed by atoms with van der Waals surface area (Å²) in [5.74, 6) is 2.06. The van der Waals surface area contributed by atoms with E-state index in [1.54, 1.807) is 7.11 Å². The van der Waals surface area contributed by atoms with Crippen molar-refractivity contribution in [3.05, 3.63) is 29.3 Å². The number of thioether (sulfide) groups is 1. The quantitative estimate of drug-likeness (QED) is 0.890. The Kier molecular flexibility index (Phi) is 3.69. The molecule has 3 heteroatoms. The molecule has 2 rings (SSSR count). The van der Waals surface area contributed by atoms with Crippen LogP contribution in [0, 0.1) is 0 Å². The van der Waals surface area contributed by atoms with E-state index in [2.05, 4.69) is 44.3 Å². The molecule has 0 radical (unpaired) electrons. The van der Waals surface area contributed by atoms with Crippen molar-refractivity contribution in [3.8, 4) is 5.75 Å². The summed E-state index contributed by atoms with van der Waals surface area (Å²) >= 11 is 2.00. The highest BCUT2D eigenvalue weighted by atomic mass is 32.2. The fourth-order valence-corrected chi connectivity index (χ4v) is 3.68. The van der Waals surface area contributed by atoms with Gasteiger partial charge >= 0.3 is 0 Å². The smallest absolute Gasteiger partial charge is 0.123 e. The van der Waals surface area contributed by atoms with Crippen LogP contribution < -0.4 is 10.1 Å². The minimum absolute atomic E-state index is 0.232. The van der Waals surface area contributed by atoms with Crippen molar-refractivity contribution in [2.75, 3.05) is 13.7 Å². The monoisotopic (exact) mass is 251 g/mol. The Morgan fingerprint density at radius 3 is 2.88 bits per heavy atom. The van der Waals surface area contributed by atoms with E-state index in [9.17, 15) is 0 Å². The van der Waals surface area contributed by atoms with E-state index in [-0.39, 0.29) is 4.75 Å². The summed E-state index contributed by atoms with van der Waals surface area (Å²) in [6.07, 6.45) is 0. The molecule has 1 heterocycles. The van der Waals surface area contributed by atoms with Crippen molar-refractivity contribution in [1.82, 2.24) is 5.32 Å². The molecule has 0 saturated heterocycles. The van der Waals surface area contributed by atoms with Crippen LogP contribution >= 0.6 is 11.8 Å². The highest BCUT2D eigenvalue weighted by molar-refractivity contribution is 8.00. The lowest BCUT2D eigenvalue weighted by molar-refractivity contribution is 0.402. The van der Waals surface area contributed by atoms with Gasteiger partial charge in [0.2, 0.25) is 0 Å². The second-order valence-corrected chi connectivity index (χ2v) is 6.54. The van der Waals surface area contributed by atoms with E-state index in [0.717, 1.165) is 18.0 Å². The Morgan fingerprint density at radius 2 is 2.24 bits per heavy atom. The largest absolute Gasteiger partial charge is 0.496 e. The first-order valence-electron chi connectivity index (χ1n) is 6.13. The fourth-order valence-electron chi connectivity index (χ4n) is 2.47. The Balaban J connectivity index is 2.46. The molecule has 0 fully saturated rings. The molecule has 1 aliphatic heterocycles. The minimum Gasteiger partial charge on any atom is -0.496 e. The molecule has 1 aliphatic rings. The van der Waals surface area contributed by atoms with E-state index in [1.807, 2.05) is 11.8 Å². The van der Waals surface area contributed by atoms with Crippen molar-refractivity contribution in [2.24, 2.45) is 0 Å². The minimum atomic E-state index is 0.232. The zero-order valence-corrected chi connectivity index (χ0v) is 11.9. The number of nitrogens with one attached hydrogen (secondary N) is 1. The van der Waals surface area contributed by atoms with Crippen molar-refractivity contribution in [2.45, 2.75) is 37.3 Å². The molecule has 1 unspecified atom stereocenters. The number of hydrogen-bond acceptors (Lipinski definition) is 3. The lowest BCUT2D eigenvalue weighted by Gasteiger charge is -2.40. The van der Waals surface area contributed by atoms with Gasteiger partial charge in [-0.3, -0.25) is 0 Å². The summed E-state index contributed by atoms with van der Waals surface area (Å²) in [6.45, 7) is 7.78. The molecule has 1 N–H and O–H groups in total. The van der Waals surface area contributed by atoms with Crippen LogP contribution in [0.3, 0.4) is 0 Å². The van der Waals surface area contributed by atoms with Crippen molar-refractivity contribution in [3.63, 3.8) is 0 Å². The SMILES string of the molecule is CCNC1c2cccc(OC)c2CSC1(C)C. The molecule has 0 spiro atoms. The van der Waals surface area contributed by atoms with Crippen LogP contribution in [0.2, 0.25) is 0 Å². The first kappa shape index (κ1) is 12.8. The zero-order chi connectivity index (χ0) is 12.5. The predicted octanol–water partition coefficient (Wildman–Crippen LogP) is 3.37. The molecule has 1 atom stereocenters. The van der Waals surface area contributed by atoms with Crippen LogP contribution in [0.5, 0.6) is 5.75 Å². The summed E-state index contributed by atoms with van der Waals surface area (Å²) < 4.78 is 5.70. The number of methoxy groups -OCH3 is 1. The van der Waals surface area contributed by atoms with Crippen LogP contribution in [0.4, 0.5) is 0 Å². The number of rotatable bonds is 3. The summed E-state index contributed by atoms with van der Waals surface area (Å²) in [4.78, 5) is 0. The highest BCUT2D eigenvalue weighted by Crippen LogP contribution is 2.47. The van der Waals surface area contributed by atoms with E-state index in [4.69, 9.17) is 4.74 Å². The van der Waals surface area contributed by atoms with E-state index < -0.39 is 0 Å². The van der Waals surface area contributed by atoms with Gasteiger partial charge in [-0.05, 0) is 32.0 Å². The molecular weight excluding hydrogens is 230 g/mol. The second kappa shape index (κ2) is 4.91. The van der Waals surface area contributed by atoms with Crippen LogP contribution in [-0.2, 0) is 5.75 Å². The summed E-state index contributed by atoms with van der Waals surface area (Å²) in [6, 6.07) is 6.78. The van der Waals surface area contributed by atoms with Gasteiger partial charge in [0.05, 0.1) is 7.11 Å². The maximum atomic E-state index is 5.47. The van der Waals surface area contributed by atoms with Crippen LogP contribution in [0.25, 0.3) is 0 Å². The van der Waals surface area contributed by atoms with Gasteiger partial charge in [-0.1, -0.05) is 19.1 Å². The second-order valence-electron chi connectivity index (χ2n) is 4.91. The standard InChI is InChI=1S/C14H21NOS/c1-5-15-13-10-7-6-8-12(16-4)11(10)9-17-14(13,2)3/h6-8,13,15H,5,9H2,1-4H3. The van der Waals surface area contributed by atoms with Crippen molar-refractivity contribution >= 4 is 11.8 Å². The molecule has 2 nitrogen and oxygen atoms in total. The van der Waals surface area contributed by atoms with Crippen LogP contribution in [-0.4, -0.2) is 18.4 Å². The summed E-state index contributed by atoms with van der Waals surface area (Å²) in [5.41, 5.74) is 2.75. The maximum absolute atomic E-state index is 5.47. The molecule has 1 aromatic rings. The maximum Gasteiger partial charge on any atom is 0.123 e. The molecule has 0 aromatic heterocycles. The van der Waals surface area contributed by atoms with Gasteiger partial charge < -0.3 is 10.1 Å². The van der Waals surface area contributed by atoms with Crippen LogP contribution in [0.15, 0.2) is 18.2 Å². The molecule has 0 bridgehead atoms. The normalized spacial score (nSPS) is 22.0. The number of ether oxygens (including phenoxy) is 1. The van der Waals surface area contributed by atoms with Gasteiger partial charge in [-0.25, -0.2) is 0 Å². The Morgan fingerprint density at radius 1 is 1.47 bits per heavy atom. The van der Waals surface area contributed by atoms with E-state index in [0.29, 0.717) is 6.04 Å². The molecule has 0 amide bonds. The van der Waals surface area contributed by atoms with Gasteiger partial charge in [-0.15, -0.1) is 11.8 Å². The first-order valence-corrected chi connectivity index (χ1v) is 7.12. The summed E-state index contributed by atoms with van der Waals surface area (Å²) in [5, 5.41) is 3.61. The van der Waals surface area contributed by atoms with Gasteiger partial charge in [0.15, 0.2) is 0 Å². The Bertz CT molecular complexity index is 403. The third kappa shape index (κ3) is 2.31. The lowest BCUT2D eigenvalue weighted by Crippen LogP contribution is -2.39. The third-order valence-electron chi connectivity index (χ3n) is 3.39. The summed E-state index contributed by atoms with van der Waals surface area (Å²) in [7, 11) is 1.75. The first-order chi connectivity index (χ1) is 8.10. The lowest BCUT2D eigenvalue weighted by atomic mass is 9.90. The van der Waals surface area contributed by atoms with Crippen LogP contribution in [0.1, 0.15) is 37.9 Å². The fraction of sp³-hybridized carbons (Fsp3) is 0.571. The number of fused-ring (bicyclic) bond motifs is 1. The Hall–Kier alpha value is -0.670. The molecule has 0 aliphatic carbocycles. The van der Waals surface area contributed by atoms with Crippen molar-refractivity contribution in [1.29, 1.82) is 0 Å². The van der Waals surface area contributed by atoms with Gasteiger partial charge in [0.25, 0.3) is 0 Å². The Labute approximate surface area is 108 Å². The van der Waals surface area contributed by atoms with Gasteiger partial charge in [-0.2, -0.15) is 0 Å². The van der Waals surface area contributed by atoms with Gasteiger partial charge in [0, 0.05) is 22.1 Å². The number of benzene rings is 1. The van der Waals surface area contributed by atoms with E-state index >= 15 is 0 Å². The average molecular weight is 251 g/mol. The molecule has 0 saturated carbocycles. The highest BCUT2D eigenvalue weighted by Gasteiger charge is 2.36. The molecule has 94 valence electrons. The topological polar surface area (TPSA) is 21.3 Å². The molecular formula is C14H21NOS. The molecule has 17 heavy (non-hydrogen) atoms. The van der Waals surface area contributed by atoms with E-state index in [1.165, 1.54) is 11.1 Å². The predicted molar refractivity (Wildman–Crippen MR) is 74.8 cm³/mol. The average Bonchev–Trinajstić information content (AvgIpc) is 2.32. The third-order valence-corrected chi connectivity index (χ3v) is 4.80. The van der Waals surface area contributed by atoms with Crippen molar-refractivity contribution < 1.29 is 4.74 Å².